The first kappa shape index (κ1) is 26.3. The van der Waals surface area contributed by atoms with Crippen LogP contribution in [-0.2, 0) is 4.79 Å². The minimum absolute atomic E-state index is 0. The maximum atomic E-state index is 12.7. The van der Waals surface area contributed by atoms with E-state index in [4.69, 9.17) is 5.73 Å². The lowest BCUT2D eigenvalue weighted by molar-refractivity contribution is -0.122. The molecule has 1 aromatic rings. The number of hydrogen-bond donors (Lipinski definition) is 2. The Morgan fingerprint density at radius 2 is 1.69 bits per heavy atom. The molecule has 0 bridgehead atoms. The van der Waals surface area contributed by atoms with E-state index in [-0.39, 0.29) is 43.1 Å². The third-order valence-electron chi connectivity index (χ3n) is 6.25. The number of nitrogens with two attached hydrogens (primary N) is 1. The summed E-state index contributed by atoms with van der Waals surface area (Å²) in [6.07, 6.45) is 7.72. The van der Waals surface area contributed by atoms with Crippen LogP contribution in [0.25, 0.3) is 0 Å². The molecule has 2 saturated carbocycles. The predicted octanol–water partition coefficient (Wildman–Crippen LogP) is 4.08. The average Bonchev–Trinajstić information content (AvgIpc) is 3.47. The molecule has 8 heteroatoms. The van der Waals surface area contributed by atoms with Crippen molar-refractivity contribution in [3.63, 3.8) is 0 Å². The second-order valence-electron chi connectivity index (χ2n) is 8.45. The second kappa shape index (κ2) is 11.6. The van der Waals surface area contributed by atoms with Crippen molar-refractivity contribution in [2.75, 3.05) is 42.9 Å². The minimum Gasteiger partial charge on any atom is -0.369 e. The maximum Gasteiger partial charge on any atom is 0.244 e. The molecule has 1 saturated heterocycles. The van der Waals surface area contributed by atoms with E-state index in [1.807, 2.05) is 12.1 Å². The van der Waals surface area contributed by atoms with Gasteiger partial charge in [-0.3, -0.25) is 9.69 Å². The Kier molecular flexibility index (Phi) is 10.5. The van der Waals surface area contributed by atoms with Gasteiger partial charge < -0.3 is 16.0 Å². The Morgan fingerprint density at radius 3 is 2.31 bits per heavy atom. The predicted molar refractivity (Wildman–Crippen MR) is 128 cm³/mol. The highest BCUT2D eigenvalue weighted by molar-refractivity contribution is 5.98. The van der Waals surface area contributed by atoms with Crippen LogP contribution in [0.2, 0.25) is 0 Å². The normalized spacial score (nSPS) is 21.2. The lowest BCUT2D eigenvalue weighted by Gasteiger charge is -2.36. The quantitative estimate of drug-likeness (QED) is 0.688. The Hall–Kier alpha value is -0.720. The standard InChI is InChI=1S/C21H32N4O.3ClH/c22-21(9-2-1-3-10-21)20(26)23-18-5-4-6-19(15-18)25-13-11-24(12-14-25)16-17-7-8-17;;;/h4-6,15,17H,1-3,7-14,16,22H2,(H,23,26);3*1H. The zero-order valence-corrected chi connectivity index (χ0v) is 19.4. The van der Waals surface area contributed by atoms with Crippen molar-refractivity contribution in [2.24, 2.45) is 11.7 Å². The van der Waals surface area contributed by atoms with Crippen LogP contribution in [-0.4, -0.2) is 49.1 Å². The average molecular weight is 466 g/mol. The number of benzene rings is 1. The Labute approximate surface area is 193 Å². The largest absolute Gasteiger partial charge is 0.369 e. The van der Waals surface area contributed by atoms with Gasteiger partial charge in [0.2, 0.25) is 5.91 Å². The molecule has 4 rings (SSSR count). The molecule has 1 aliphatic heterocycles. The molecule has 2 aliphatic carbocycles. The third kappa shape index (κ3) is 6.90. The fourth-order valence-corrected chi connectivity index (χ4v) is 4.30. The molecule has 1 aromatic carbocycles. The van der Waals surface area contributed by atoms with Crippen LogP contribution in [0, 0.1) is 5.92 Å². The SMILES string of the molecule is Cl.Cl.Cl.NC1(C(=O)Nc2cccc(N3CCN(CC4CC4)CC3)c2)CCCCC1. The van der Waals surface area contributed by atoms with Gasteiger partial charge in [0.1, 0.15) is 0 Å². The van der Waals surface area contributed by atoms with Gasteiger partial charge in [-0.1, -0.05) is 25.3 Å². The van der Waals surface area contributed by atoms with Gasteiger partial charge in [-0.05, 0) is 49.8 Å². The van der Waals surface area contributed by atoms with Crippen LogP contribution in [0.5, 0.6) is 0 Å². The van der Waals surface area contributed by atoms with Crippen molar-refractivity contribution in [3.05, 3.63) is 24.3 Å². The van der Waals surface area contributed by atoms with Gasteiger partial charge in [-0.25, -0.2) is 0 Å². The number of hydrogen-bond acceptors (Lipinski definition) is 4. The van der Waals surface area contributed by atoms with Crippen molar-refractivity contribution in [1.82, 2.24) is 4.90 Å². The zero-order chi connectivity index (χ0) is 18.0. The van der Waals surface area contributed by atoms with E-state index in [9.17, 15) is 4.79 Å². The smallest absolute Gasteiger partial charge is 0.244 e. The molecule has 0 radical (unpaired) electrons. The number of piperazine rings is 1. The van der Waals surface area contributed by atoms with Crippen molar-refractivity contribution in [1.29, 1.82) is 0 Å². The molecule has 1 heterocycles. The van der Waals surface area contributed by atoms with Gasteiger partial charge in [0.05, 0.1) is 5.54 Å². The van der Waals surface area contributed by atoms with E-state index in [1.165, 1.54) is 31.5 Å². The van der Waals surface area contributed by atoms with Gasteiger partial charge in [0.25, 0.3) is 0 Å². The highest BCUT2D eigenvalue weighted by Crippen LogP contribution is 2.31. The highest BCUT2D eigenvalue weighted by Gasteiger charge is 2.35. The molecular weight excluding hydrogens is 431 g/mol. The lowest BCUT2D eigenvalue weighted by atomic mass is 9.82. The van der Waals surface area contributed by atoms with Crippen LogP contribution in [0.4, 0.5) is 11.4 Å². The number of halogens is 3. The van der Waals surface area contributed by atoms with Crippen LogP contribution < -0.4 is 16.0 Å². The minimum atomic E-state index is -0.692. The van der Waals surface area contributed by atoms with E-state index < -0.39 is 5.54 Å². The number of carbonyl (C=O) groups excluding carboxylic acids is 1. The Bertz CT molecular complexity index is 643. The van der Waals surface area contributed by atoms with Crippen LogP contribution >= 0.6 is 37.2 Å². The molecule has 0 unspecified atom stereocenters. The summed E-state index contributed by atoms with van der Waals surface area (Å²) in [5.74, 6) is 0.937. The van der Waals surface area contributed by atoms with Crippen LogP contribution in [0.1, 0.15) is 44.9 Å². The number of nitrogens with one attached hydrogen (secondary N) is 1. The Balaban J connectivity index is 0.00000140. The number of rotatable bonds is 5. The van der Waals surface area contributed by atoms with Crippen molar-refractivity contribution >= 4 is 54.5 Å². The van der Waals surface area contributed by atoms with Gasteiger partial charge in [0, 0.05) is 44.1 Å². The number of anilines is 2. The molecule has 166 valence electrons. The summed E-state index contributed by atoms with van der Waals surface area (Å²) in [6, 6.07) is 8.24. The molecule has 0 aromatic heterocycles. The highest BCUT2D eigenvalue weighted by atomic mass is 35.5. The first-order chi connectivity index (χ1) is 12.6. The molecule has 3 N–H and O–H groups in total. The third-order valence-corrected chi connectivity index (χ3v) is 6.25. The Morgan fingerprint density at radius 1 is 1.03 bits per heavy atom. The number of nitrogens with zero attached hydrogens (tertiary/aromatic N) is 2. The maximum absolute atomic E-state index is 12.7. The zero-order valence-electron chi connectivity index (χ0n) is 17.0. The van der Waals surface area contributed by atoms with Gasteiger partial charge in [-0.2, -0.15) is 0 Å². The van der Waals surface area contributed by atoms with E-state index in [0.29, 0.717) is 0 Å². The number of carbonyl (C=O) groups is 1. The molecule has 3 fully saturated rings. The number of amides is 1. The van der Waals surface area contributed by atoms with E-state index in [2.05, 4.69) is 27.2 Å². The topological polar surface area (TPSA) is 61.6 Å². The molecule has 5 nitrogen and oxygen atoms in total. The first-order valence-electron chi connectivity index (χ1n) is 10.3. The molecule has 29 heavy (non-hydrogen) atoms. The summed E-state index contributed by atoms with van der Waals surface area (Å²) >= 11 is 0. The summed E-state index contributed by atoms with van der Waals surface area (Å²) in [6.45, 7) is 5.68. The summed E-state index contributed by atoms with van der Waals surface area (Å²) in [5, 5.41) is 3.07. The fraction of sp³-hybridized carbons (Fsp3) is 0.667. The molecule has 0 spiro atoms. The van der Waals surface area contributed by atoms with E-state index >= 15 is 0 Å². The molecular formula is C21H35Cl3N4O. The molecule has 0 atom stereocenters. The molecule has 1 amide bonds. The van der Waals surface area contributed by atoms with E-state index in [0.717, 1.165) is 63.5 Å². The summed E-state index contributed by atoms with van der Waals surface area (Å²) in [7, 11) is 0. The summed E-state index contributed by atoms with van der Waals surface area (Å²) in [5.41, 5.74) is 7.73. The monoisotopic (exact) mass is 464 g/mol. The van der Waals surface area contributed by atoms with Gasteiger partial charge in [0.15, 0.2) is 0 Å². The fourth-order valence-electron chi connectivity index (χ4n) is 4.30. The summed E-state index contributed by atoms with van der Waals surface area (Å²) < 4.78 is 0. The van der Waals surface area contributed by atoms with Gasteiger partial charge in [-0.15, -0.1) is 37.2 Å². The van der Waals surface area contributed by atoms with Crippen molar-refractivity contribution in [2.45, 2.75) is 50.5 Å². The van der Waals surface area contributed by atoms with Crippen molar-refractivity contribution < 1.29 is 4.79 Å². The second-order valence-corrected chi connectivity index (χ2v) is 8.45. The van der Waals surface area contributed by atoms with Crippen molar-refractivity contribution in [3.8, 4) is 0 Å². The van der Waals surface area contributed by atoms with Crippen LogP contribution in [0.15, 0.2) is 24.3 Å². The van der Waals surface area contributed by atoms with Gasteiger partial charge >= 0.3 is 0 Å². The van der Waals surface area contributed by atoms with E-state index in [1.54, 1.807) is 0 Å². The lowest BCUT2D eigenvalue weighted by Crippen LogP contribution is -2.52. The van der Waals surface area contributed by atoms with Crippen LogP contribution in [0.3, 0.4) is 0 Å². The molecule has 3 aliphatic rings. The summed E-state index contributed by atoms with van der Waals surface area (Å²) in [4.78, 5) is 17.7. The first-order valence-corrected chi connectivity index (χ1v) is 10.3.